The second-order valence-electron chi connectivity index (χ2n) is 9.40. The molecule has 0 aromatic carbocycles. The SMILES string of the molecule is CC(C)N1CC(c2cnc3c(C(=O)Nc4cnccc4N4CCCC(N)C4)c(N)sc3c2)C1. The van der Waals surface area contributed by atoms with E-state index >= 15 is 0 Å². The van der Waals surface area contributed by atoms with Crippen LogP contribution < -0.4 is 21.7 Å². The molecule has 2 saturated heterocycles. The van der Waals surface area contributed by atoms with E-state index in [9.17, 15) is 4.79 Å². The molecule has 0 spiro atoms. The van der Waals surface area contributed by atoms with Gasteiger partial charge < -0.3 is 21.7 Å². The average Bonchev–Trinajstić information content (AvgIpc) is 3.08. The number of anilines is 3. The summed E-state index contributed by atoms with van der Waals surface area (Å²) >= 11 is 1.42. The fourth-order valence-corrected chi connectivity index (χ4v) is 5.75. The molecule has 1 amide bonds. The van der Waals surface area contributed by atoms with Crippen molar-refractivity contribution in [3.8, 4) is 0 Å². The highest BCUT2D eigenvalue weighted by molar-refractivity contribution is 7.23. The first kappa shape index (κ1) is 22.1. The molecule has 9 heteroatoms. The highest BCUT2D eigenvalue weighted by atomic mass is 32.1. The van der Waals surface area contributed by atoms with Crippen molar-refractivity contribution in [2.24, 2.45) is 5.73 Å². The van der Waals surface area contributed by atoms with Crippen molar-refractivity contribution >= 4 is 43.8 Å². The highest BCUT2D eigenvalue weighted by Crippen LogP contribution is 2.37. The van der Waals surface area contributed by atoms with Gasteiger partial charge in [0.05, 0.1) is 27.8 Å². The van der Waals surface area contributed by atoms with Crippen molar-refractivity contribution in [2.75, 3.05) is 42.1 Å². The van der Waals surface area contributed by atoms with Crippen LogP contribution in [0.15, 0.2) is 30.7 Å². The number of nitrogens with zero attached hydrogens (tertiary/aromatic N) is 4. The van der Waals surface area contributed by atoms with Crippen molar-refractivity contribution in [1.82, 2.24) is 14.9 Å². The van der Waals surface area contributed by atoms with Crippen LogP contribution in [0.2, 0.25) is 0 Å². The zero-order chi connectivity index (χ0) is 23.1. The fourth-order valence-electron chi connectivity index (χ4n) is 4.77. The number of nitrogens with two attached hydrogens (primary N) is 2. The molecular weight excluding hydrogens is 434 g/mol. The predicted molar refractivity (Wildman–Crippen MR) is 135 cm³/mol. The Labute approximate surface area is 198 Å². The average molecular weight is 466 g/mol. The van der Waals surface area contributed by atoms with Gasteiger partial charge in [-0.1, -0.05) is 0 Å². The second kappa shape index (κ2) is 8.89. The number of thiophene rings is 1. The van der Waals surface area contributed by atoms with Crippen LogP contribution in [0.1, 0.15) is 48.5 Å². The van der Waals surface area contributed by atoms with Gasteiger partial charge in [-0.3, -0.25) is 19.7 Å². The monoisotopic (exact) mass is 465 g/mol. The van der Waals surface area contributed by atoms with E-state index < -0.39 is 0 Å². The number of likely N-dealkylation sites (tertiary alicyclic amines) is 1. The molecule has 1 unspecified atom stereocenters. The summed E-state index contributed by atoms with van der Waals surface area (Å²) in [6.07, 6.45) is 7.37. The lowest BCUT2D eigenvalue weighted by atomic mass is 9.91. The van der Waals surface area contributed by atoms with Crippen LogP contribution in [0.5, 0.6) is 0 Å². The Bertz CT molecular complexity index is 1170. The number of carbonyl (C=O) groups excluding carboxylic acids is 1. The van der Waals surface area contributed by atoms with Gasteiger partial charge in [0.2, 0.25) is 0 Å². The first-order chi connectivity index (χ1) is 15.9. The number of pyridine rings is 2. The van der Waals surface area contributed by atoms with Crippen molar-refractivity contribution < 1.29 is 4.79 Å². The molecule has 0 bridgehead atoms. The summed E-state index contributed by atoms with van der Waals surface area (Å²) in [5.74, 6) is 0.225. The van der Waals surface area contributed by atoms with Crippen LogP contribution in [0.3, 0.4) is 0 Å². The minimum atomic E-state index is -0.260. The van der Waals surface area contributed by atoms with Gasteiger partial charge in [-0.25, -0.2) is 0 Å². The second-order valence-corrected chi connectivity index (χ2v) is 10.5. The number of hydrogen-bond donors (Lipinski definition) is 3. The maximum Gasteiger partial charge on any atom is 0.260 e. The van der Waals surface area contributed by atoms with E-state index in [1.807, 2.05) is 12.3 Å². The maximum atomic E-state index is 13.3. The summed E-state index contributed by atoms with van der Waals surface area (Å²) in [5.41, 5.74) is 16.4. The molecule has 1 atom stereocenters. The maximum absolute atomic E-state index is 13.3. The Morgan fingerprint density at radius 2 is 2.09 bits per heavy atom. The van der Waals surface area contributed by atoms with E-state index in [4.69, 9.17) is 11.5 Å². The molecule has 2 aliphatic rings. The number of piperidine rings is 1. The standard InChI is InChI=1S/C24H31N7OS/c1-14(2)31-11-16(12-31)15-8-20-22(28-9-15)21(23(26)33-20)24(32)29-18-10-27-6-5-19(18)30-7-3-4-17(25)13-30/h5-6,8-10,14,16-17H,3-4,7,11-13,25-26H2,1-2H3,(H,29,32). The minimum Gasteiger partial charge on any atom is -0.390 e. The van der Waals surface area contributed by atoms with Gasteiger partial charge in [0, 0.05) is 56.6 Å². The smallest absolute Gasteiger partial charge is 0.260 e. The van der Waals surface area contributed by atoms with E-state index in [2.05, 4.69) is 45.0 Å². The molecular formula is C24H31N7OS. The Morgan fingerprint density at radius 1 is 1.27 bits per heavy atom. The van der Waals surface area contributed by atoms with Gasteiger partial charge >= 0.3 is 0 Å². The number of fused-ring (bicyclic) bond motifs is 1. The van der Waals surface area contributed by atoms with Crippen LogP contribution in [-0.2, 0) is 0 Å². The third kappa shape index (κ3) is 4.28. The first-order valence-electron chi connectivity index (χ1n) is 11.6. The molecule has 5 heterocycles. The molecule has 0 aliphatic carbocycles. The van der Waals surface area contributed by atoms with Crippen LogP contribution in [0.4, 0.5) is 16.4 Å². The summed E-state index contributed by atoms with van der Waals surface area (Å²) in [6.45, 7) is 8.19. The van der Waals surface area contributed by atoms with Crippen molar-refractivity contribution in [3.05, 3.63) is 41.9 Å². The molecule has 2 fully saturated rings. The van der Waals surface area contributed by atoms with Crippen molar-refractivity contribution in [1.29, 1.82) is 0 Å². The third-order valence-corrected chi connectivity index (χ3v) is 7.72. The summed E-state index contributed by atoms with van der Waals surface area (Å²) < 4.78 is 0.951. The van der Waals surface area contributed by atoms with Crippen LogP contribution >= 0.6 is 11.3 Å². The van der Waals surface area contributed by atoms with E-state index in [0.29, 0.717) is 33.7 Å². The zero-order valence-corrected chi connectivity index (χ0v) is 19.9. The number of aromatic nitrogens is 2. The third-order valence-electron chi connectivity index (χ3n) is 6.76. The Morgan fingerprint density at radius 3 is 2.85 bits per heavy atom. The van der Waals surface area contributed by atoms with Crippen molar-refractivity contribution in [3.63, 3.8) is 0 Å². The number of nitrogens with one attached hydrogen (secondary N) is 1. The van der Waals surface area contributed by atoms with Crippen LogP contribution in [-0.4, -0.2) is 59.0 Å². The van der Waals surface area contributed by atoms with Gasteiger partial charge in [0.15, 0.2) is 0 Å². The lowest BCUT2D eigenvalue weighted by Gasteiger charge is -2.42. The first-order valence-corrected chi connectivity index (χ1v) is 12.4. The quantitative estimate of drug-likeness (QED) is 0.530. The van der Waals surface area contributed by atoms with Gasteiger partial charge in [-0.15, -0.1) is 11.3 Å². The van der Waals surface area contributed by atoms with Gasteiger partial charge in [0.1, 0.15) is 10.6 Å². The summed E-state index contributed by atoms with van der Waals surface area (Å²) in [4.78, 5) is 26.9. The normalized spacial score (nSPS) is 19.8. The molecule has 33 heavy (non-hydrogen) atoms. The van der Waals surface area contributed by atoms with E-state index in [-0.39, 0.29) is 11.9 Å². The summed E-state index contributed by atoms with van der Waals surface area (Å²) in [6, 6.07) is 4.76. The largest absolute Gasteiger partial charge is 0.390 e. The minimum absolute atomic E-state index is 0.133. The zero-order valence-electron chi connectivity index (χ0n) is 19.1. The molecule has 3 aromatic rings. The molecule has 0 saturated carbocycles. The van der Waals surface area contributed by atoms with Gasteiger partial charge in [-0.2, -0.15) is 0 Å². The Kier molecular flexibility index (Phi) is 5.94. The summed E-state index contributed by atoms with van der Waals surface area (Å²) in [7, 11) is 0. The topological polar surface area (TPSA) is 113 Å². The lowest BCUT2D eigenvalue weighted by molar-refractivity contribution is 0.102. The van der Waals surface area contributed by atoms with Crippen LogP contribution in [0, 0.1) is 0 Å². The summed E-state index contributed by atoms with van der Waals surface area (Å²) in [5, 5.41) is 3.51. The molecule has 8 nitrogen and oxygen atoms in total. The number of amides is 1. The van der Waals surface area contributed by atoms with E-state index in [0.717, 1.165) is 49.4 Å². The van der Waals surface area contributed by atoms with Crippen molar-refractivity contribution in [2.45, 2.75) is 44.7 Å². The number of nitrogen functional groups attached to an aromatic ring is 1. The number of carbonyl (C=O) groups is 1. The number of hydrogen-bond acceptors (Lipinski definition) is 8. The molecule has 3 aromatic heterocycles. The molecule has 5 rings (SSSR count). The number of rotatable bonds is 5. The fraction of sp³-hybridized carbons (Fsp3) is 0.458. The molecule has 2 aliphatic heterocycles. The molecule has 174 valence electrons. The van der Waals surface area contributed by atoms with Gasteiger partial charge in [-0.05, 0) is 44.4 Å². The van der Waals surface area contributed by atoms with Gasteiger partial charge in [0.25, 0.3) is 5.91 Å². The Hall–Kier alpha value is -2.75. The molecule has 0 radical (unpaired) electrons. The predicted octanol–water partition coefficient (Wildman–Crippen LogP) is 3.26. The Balaban J connectivity index is 1.38. The van der Waals surface area contributed by atoms with Crippen LogP contribution in [0.25, 0.3) is 10.2 Å². The van der Waals surface area contributed by atoms with E-state index in [1.54, 1.807) is 12.4 Å². The lowest BCUT2D eigenvalue weighted by Crippen LogP contribution is -2.48. The molecule has 5 N–H and O–H groups in total. The van der Waals surface area contributed by atoms with E-state index in [1.165, 1.54) is 16.9 Å². The highest BCUT2D eigenvalue weighted by Gasteiger charge is 2.31.